The van der Waals surface area contributed by atoms with Gasteiger partial charge in [-0.15, -0.1) is 22.7 Å². The Bertz CT molecular complexity index is 4670. The lowest BCUT2D eigenvalue weighted by Crippen LogP contribution is -2.33. The fraction of sp³-hybridized carbons (Fsp3) is 0.0145. The molecule has 2 aliphatic rings. The molecule has 1 nitrogen and oxygen atoms in total. The maximum atomic E-state index is 2.65. The van der Waals surface area contributed by atoms with Crippen molar-refractivity contribution in [2.75, 3.05) is 0 Å². The van der Waals surface area contributed by atoms with E-state index in [0.29, 0.717) is 0 Å². The highest BCUT2D eigenvalue weighted by atomic mass is 32.1. The van der Waals surface area contributed by atoms with E-state index in [1.807, 2.05) is 22.7 Å². The van der Waals surface area contributed by atoms with Gasteiger partial charge >= 0.3 is 0 Å². The second kappa shape index (κ2) is 14.3. The summed E-state index contributed by atoms with van der Waals surface area (Å²) in [4.78, 5) is 0. The zero-order valence-electron chi connectivity index (χ0n) is 38.8. The maximum Gasteiger partial charge on any atom is 0.0754 e. The molecule has 0 atom stereocenters. The van der Waals surface area contributed by atoms with Gasteiger partial charge in [-0.3, -0.25) is 0 Å². The Kier molecular flexibility index (Phi) is 7.76. The highest BCUT2D eigenvalue weighted by Crippen LogP contribution is 2.62. The Morgan fingerprint density at radius 1 is 0.278 bits per heavy atom. The monoisotopic (exact) mass is 945 g/mol. The van der Waals surface area contributed by atoms with Crippen molar-refractivity contribution < 1.29 is 0 Å². The van der Waals surface area contributed by atoms with Gasteiger partial charge in [0.1, 0.15) is 0 Å². The highest BCUT2D eigenvalue weighted by Gasteiger charge is 2.51. The molecule has 1 aliphatic heterocycles. The lowest BCUT2D eigenvalue weighted by molar-refractivity contribution is 0.749. The fourth-order valence-electron chi connectivity index (χ4n) is 13.6. The van der Waals surface area contributed by atoms with Crippen LogP contribution in [0.3, 0.4) is 0 Å². The van der Waals surface area contributed by atoms with Crippen LogP contribution in [0.15, 0.2) is 237 Å². The Labute approximate surface area is 422 Å². The molecule has 72 heavy (non-hydrogen) atoms. The largest absolute Gasteiger partial charge is 0.308 e. The number of nitrogens with zero attached hydrogens (tertiary/aromatic N) is 1. The van der Waals surface area contributed by atoms with E-state index in [4.69, 9.17) is 0 Å². The first-order valence-corrected chi connectivity index (χ1v) is 26.5. The van der Waals surface area contributed by atoms with Crippen LogP contribution >= 0.6 is 22.7 Å². The molecule has 0 saturated heterocycles. The smallest absolute Gasteiger partial charge is 0.0754 e. The lowest BCUT2D eigenvalue weighted by atomic mass is 9.64. The van der Waals surface area contributed by atoms with E-state index >= 15 is 0 Å². The molecule has 3 aromatic heterocycles. The molecule has 0 bridgehead atoms. The first-order valence-electron chi connectivity index (χ1n) is 24.9. The number of rotatable bonds is 3. The average Bonchev–Trinajstić information content (AvgIpc) is 4.19. The van der Waals surface area contributed by atoms with Crippen molar-refractivity contribution in [2.24, 2.45) is 0 Å². The van der Waals surface area contributed by atoms with Crippen LogP contribution in [0.1, 0.15) is 22.3 Å². The van der Waals surface area contributed by atoms with Gasteiger partial charge in [0.05, 0.1) is 22.1 Å². The van der Waals surface area contributed by atoms with Gasteiger partial charge in [0, 0.05) is 67.8 Å². The number of fused-ring (bicyclic) bond motifs is 20. The molecule has 0 amide bonds. The van der Waals surface area contributed by atoms with Gasteiger partial charge in [-0.25, -0.2) is 0 Å². The molecule has 12 aromatic carbocycles. The lowest BCUT2D eigenvalue weighted by Gasteiger charge is -2.40. The highest BCUT2D eigenvalue weighted by molar-refractivity contribution is 7.26. The molecule has 1 aliphatic carbocycles. The van der Waals surface area contributed by atoms with Crippen LogP contribution in [0.4, 0.5) is 0 Å². The number of hydrogen-bond donors (Lipinski definition) is 0. The van der Waals surface area contributed by atoms with E-state index in [2.05, 4.69) is 241 Å². The third kappa shape index (κ3) is 4.87. The van der Waals surface area contributed by atoms with Crippen molar-refractivity contribution in [3.8, 4) is 50.2 Å². The van der Waals surface area contributed by atoms with E-state index in [1.54, 1.807) is 0 Å². The molecule has 0 fully saturated rings. The second-order valence-corrected chi connectivity index (χ2v) is 21.8. The molecule has 332 valence electrons. The summed E-state index contributed by atoms with van der Waals surface area (Å²) >= 11 is 3.82. The number of benzene rings is 12. The van der Waals surface area contributed by atoms with Crippen molar-refractivity contribution in [2.45, 2.75) is 5.41 Å². The predicted molar refractivity (Wildman–Crippen MR) is 309 cm³/mol. The van der Waals surface area contributed by atoms with Crippen LogP contribution in [-0.2, 0) is 5.41 Å². The number of para-hydroxylation sites is 3. The van der Waals surface area contributed by atoms with Crippen molar-refractivity contribution in [3.05, 3.63) is 259 Å². The van der Waals surface area contributed by atoms with Crippen LogP contribution in [0.25, 0.3) is 134 Å². The standard InChI is InChI=1S/C69H39NS2/c1-6-32-57-42(17-1)43-18-2-7-33-58(43)69(57)59-34-15-26-49-44-19-3-8-36-61(44)70(65(49)59)66-54(31-16-35-60(66)69)64-47-24-11-22-40(50-27-13-29-52-45-20-4-9-37-62(45)71-67(50)52)55(47)39-56-41(23-12-25-48(56)64)51-28-14-30-53-46-21-5-10-38-63(46)72-68(51)53/h1-39H. The van der Waals surface area contributed by atoms with Gasteiger partial charge in [-0.1, -0.05) is 212 Å². The number of aromatic nitrogens is 1. The van der Waals surface area contributed by atoms with E-state index in [-0.39, 0.29) is 0 Å². The summed E-state index contributed by atoms with van der Waals surface area (Å²) < 4.78 is 7.93. The minimum atomic E-state index is -0.563. The Morgan fingerprint density at radius 3 is 1.32 bits per heavy atom. The predicted octanol–water partition coefficient (Wildman–Crippen LogP) is 19.5. The van der Waals surface area contributed by atoms with Crippen molar-refractivity contribution in [1.82, 2.24) is 4.57 Å². The van der Waals surface area contributed by atoms with Gasteiger partial charge in [0.15, 0.2) is 0 Å². The minimum Gasteiger partial charge on any atom is -0.308 e. The molecule has 4 heterocycles. The second-order valence-electron chi connectivity index (χ2n) is 19.7. The molecular weight excluding hydrogens is 907 g/mol. The van der Waals surface area contributed by atoms with E-state index < -0.39 is 5.41 Å². The summed E-state index contributed by atoms with van der Waals surface area (Å²) in [7, 11) is 0. The molecule has 0 saturated carbocycles. The van der Waals surface area contributed by atoms with Crippen molar-refractivity contribution in [1.29, 1.82) is 0 Å². The topological polar surface area (TPSA) is 4.93 Å². The van der Waals surface area contributed by atoms with Gasteiger partial charge in [0.25, 0.3) is 0 Å². The van der Waals surface area contributed by atoms with Gasteiger partial charge in [-0.2, -0.15) is 0 Å². The molecule has 15 aromatic rings. The van der Waals surface area contributed by atoms with Crippen LogP contribution < -0.4 is 0 Å². The molecule has 0 unspecified atom stereocenters. The Morgan fingerprint density at radius 2 is 0.694 bits per heavy atom. The van der Waals surface area contributed by atoms with E-state index in [1.165, 1.54) is 156 Å². The van der Waals surface area contributed by atoms with Crippen LogP contribution in [-0.4, -0.2) is 4.57 Å². The molecular formula is C69H39NS2. The molecule has 3 heteroatoms. The third-order valence-electron chi connectivity index (χ3n) is 16.4. The summed E-state index contributed by atoms with van der Waals surface area (Å²) in [6, 6.07) is 90.0. The molecule has 0 radical (unpaired) electrons. The SMILES string of the molecule is c1ccc2c(c1)-c1ccccc1C21c2cccc(-c3c4cccc(-c5cccc6c5sc5ccccc56)c4cc4c(-c5cccc6c5sc5ccccc56)cccc34)c2-n2c3ccccc3c3cccc1c32. The zero-order valence-corrected chi connectivity index (χ0v) is 40.4. The Balaban J connectivity index is 1.07. The van der Waals surface area contributed by atoms with E-state index in [0.717, 1.165) is 0 Å². The summed E-state index contributed by atoms with van der Waals surface area (Å²) in [5.74, 6) is 0. The quantitative estimate of drug-likeness (QED) is 0.156. The number of thiophene rings is 2. The summed E-state index contributed by atoms with van der Waals surface area (Å²) in [5, 5.41) is 12.8. The zero-order chi connectivity index (χ0) is 46.8. The minimum absolute atomic E-state index is 0.563. The van der Waals surface area contributed by atoms with Gasteiger partial charge < -0.3 is 4.57 Å². The van der Waals surface area contributed by atoms with Crippen LogP contribution in [0.5, 0.6) is 0 Å². The fourth-order valence-corrected chi connectivity index (χ4v) is 16.1. The van der Waals surface area contributed by atoms with E-state index in [9.17, 15) is 0 Å². The summed E-state index contributed by atoms with van der Waals surface area (Å²) in [6.07, 6.45) is 0. The normalized spacial score (nSPS) is 13.4. The van der Waals surface area contributed by atoms with Crippen LogP contribution in [0, 0.1) is 0 Å². The Hall–Kier alpha value is -8.60. The first kappa shape index (κ1) is 39.2. The average molecular weight is 946 g/mol. The third-order valence-corrected chi connectivity index (χ3v) is 18.9. The summed E-state index contributed by atoms with van der Waals surface area (Å²) in [5.41, 5.74) is 18.7. The molecule has 1 spiro atoms. The van der Waals surface area contributed by atoms with Crippen LogP contribution in [0.2, 0.25) is 0 Å². The molecule has 17 rings (SSSR count). The van der Waals surface area contributed by atoms with Gasteiger partial charge in [-0.05, 0) is 95.9 Å². The maximum absolute atomic E-state index is 2.65. The first-order chi connectivity index (χ1) is 35.8. The summed E-state index contributed by atoms with van der Waals surface area (Å²) in [6.45, 7) is 0. The number of hydrogen-bond acceptors (Lipinski definition) is 2. The van der Waals surface area contributed by atoms with Gasteiger partial charge in [0.2, 0.25) is 0 Å². The van der Waals surface area contributed by atoms with Crippen molar-refractivity contribution in [3.63, 3.8) is 0 Å². The molecule has 0 N–H and O–H groups in total. The van der Waals surface area contributed by atoms with Crippen molar-refractivity contribution >= 4 is 106 Å².